The maximum atomic E-state index is 12.3. The minimum absolute atomic E-state index is 0.111. The van der Waals surface area contributed by atoms with E-state index >= 15 is 0 Å². The van der Waals surface area contributed by atoms with Crippen molar-refractivity contribution in [3.05, 3.63) is 71.5 Å². The number of aromatic hydroxyl groups is 1. The Morgan fingerprint density at radius 1 is 1.07 bits per heavy atom. The Bertz CT molecular complexity index is 965. The van der Waals surface area contributed by atoms with Gasteiger partial charge in [0.25, 0.3) is 5.91 Å². The van der Waals surface area contributed by atoms with Crippen molar-refractivity contribution < 1.29 is 9.90 Å². The lowest BCUT2D eigenvalue weighted by Crippen LogP contribution is -2.44. The summed E-state index contributed by atoms with van der Waals surface area (Å²) < 4.78 is 1.43. The Labute approximate surface area is 162 Å². The minimum Gasteiger partial charge on any atom is -0.504 e. The van der Waals surface area contributed by atoms with E-state index in [0.717, 1.165) is 22.5 Å². The van der Waals surface area contributed by atoms with Crippen LogP contribution in [0.5, 0.6) is 5.75 Å². The molecule has 0 atom stereocenters. The predicted molar refractivity (Wildman–Crippen MR) is 108 cm³/mol. The molecule has 1 amide bonds. The monoisotopic (exact) mass is 381 g/mol. The van der Waals surface area contributed by atoms with Gasteiger partial charge in [-0.2, -0.15) is 5.10 Å². The van der Waals surface area contributed by atoms with Gasteiger partial charge in [-0.25, -0.2) is 4.68 Å². The normalized spacial score (nSPS) is 10.3. The first kappa shape index (κ1) is 18.4. The molecule has 0 bridgehead atoms. The number of aryl methyl sites for hydroxylation is 2. The third-order valence-electron chi connectivity index (χ3n) is 3.70. The number of anilines is 1. The van der Waals surface area contributed by atoms with E-state index in [0.29, 0.717) is 0 Å². The molecular weight excluding hydrogens is 362 g/mol. The highest BCUT2D eigenvalue weighted by Crippen LogP contribution is 2.18. The van der Waals surface area contributed by atoms with E-state index in [1.807, 2.05) is 56.3 Å². The summed E-state index contributed by atoms with van der Waals surface area (Å²) in [5.41, 5.74) is 8.66. The zero-order valence-corrected chi connectivity index (χ0v) is 15.7. The van der Waals surface area contributed by atoms with Crippen LogP contribution in [0.1, 0.15) is 21.6 Å². The van der Waals surface area contributed by atoms with Crippen LogP contribution in [-0.4, -0.2) is 25.9 Å². The van der Waals surface area contributed by atoms with E-state index in [9.17, 15) is 9.90 Å². The minimum atomic E-state index is -0.605. The highest BCUT2D eigenvalue weighted by Gasteiger charge is 2.17. The van der Waals surface area contributed by atoms with E-state index in [-0.39, 0.29) is 16.6 Å². The number of carbonyl (C=O) groups excluding carboxylic acids is 1. The molecule has 0 aliphatic heterocycles. The summed E-state index contributed by atoms with van der Waals surface area (Å²) in [6.07, 6.45) is 1.37. The second kappa shape index (κ2) is 7.88. The first-order chi connectivity index (χ1) is 12.9. The quantitative estimate of drug-likeness (QED) is 0.412. The maximum absolute atomic E-state index is 12.3. The number of carbonyl (C=O) groups is 1. The second-order valence-corrected chi connectivity index (χ2v) is 6.46. The average molecular weight is 381 g/mol. The van der Waals surface area contributed by atoms with Gasteiger partial charge in [-0.05, 0) is 61.5 Å². The summed E-state index contributed by atoms with van der Waals surface area (Å²) >= 11 is 5.18. The number of nitrogens with zero attached hydrogens (tertiary/aromatic N) is 2. The van der Waals surface area contributed by atoms with Gasteiger partial charge < -0.3 is 10.4 Å². The fraction of sp³-hybridized carbons (Fsp3) is 0.105. The van der Waals surface area contributed by atoms with Crippen molar-refractivity contribution in [2.24, 2.45) is 0 Å². The maximum Gasteiger partial charge on any atom is 0.294 e. The molecule has 0 saturated heterocycles. The number of para-hydroxylation sites is 1. The highest BCUT2D eigenvalue weighted by atomic mass is 32.1. The molecule has 0 unspecified atom stereocenters. The molecule has 3 rings (SSSR count). The van der Waals surface area contributed by atoms with Gasteiger partial charge in [0.2, 0.25) is 0 Å². The number of hydrogen-bond acceptors (Lipinski definition) is 4. The molecule has 0 aliphatic carbocycles. The third-order valence-corrected chi connectivity index (χ3v) is 3.90. The number of thiocarbonyl (C=S) groups is 1. The number of hydrazine groups is 1. The van der Waals surface area contributed by atoms with Crippen molar-refractivity contribution >= 4 is 28.9 Å². The predicted octanol–water partition coefficient (Wildman–Crippen LogP) is 2.83. The van der Waals surface area contributed by atoms with Gasteiger partial charge in [0.1, 0.15) is 0 Å². The molecule has 0 fully saturated rings. The standard InChI is InChI=1S/C19H19N5O2S/c1-12-8-13(2)10-14(9-12)20-19(27)22-21-18(26)17-16(25)11-24(23-17)15-6-4-3-5-7-15/h3-11,25H,1-2H3,(H,21,26)(H2,20,22,27). The molecular formula is C19H19N5O2S. The molecule has 7 nitrogen and oxygen atoms in total. The summed E-state index contributed by atoms with van der Waals surface area (Å²) in [6.45, 7) is 3.98. The van der Waals surface area contributed by atoms with Crippen LogP contribution in [0.4, 0.5) is 5.69 Å². The second-order valence-electron chi connectivity index (χ2n) is 6.05. The van der Waals surface area contributed by atoms with Gasteiger partial charge in [-0.15, -0.1) is 0 Å². The topological polar surface area (TPSA) is 91.2 Å². The van der Waals surface area contributed by atoms with Gasteiger partial charge >= 0.3 is 0 Å². The van der Waals surface area contributed by atoms with Gasteiger partial charge in [0, 0.05) is 5.69 Å². The number of nitrogens with one attached hydrogen (secondary N) is 3. The molecule has 1 aromatic heterocycles. The largest absolute Gasteiger partial charge is 0.504 e. The lowest BCUT2D eigenvalue weighted by Gasteiger charge is -2.12. The Morgan fingerprint density at radius 3 is 2.41 bits per heavy atom. The fourth-order valence-corrected chi connectivity index (χ4v) is 2.79. The van der Waals surface area contributed by atoms with Crippen molar-refractivity contribution in [2.45, 2.75) is 13.8 Å². The molecule has 3 aromatic rings. The van der Waals surface area contributed by atoms with Crippen LogP contribution in [0.2, 0.25) is 0 Å². The Hall–Kier alpha value is -3.39. The first-order valence-electron chi connectivity index (χ1n) is 8.22. The van der Waals surface area contributed by atoms with Crippen LogP contribution in [-0.2, 0) is 0 Å². The SMILES string of the molecule is Cc1cc(C)cc(NC(=S)NNC(=O)c2nn(-c3ccccc3)cc2O)c1. The Balaban J connectivity index is 1.62. The van der Waals surface area contributed by atoms with E-state index in [4.69, 9.17) is 12.2 Å². The zero-order chi connectivity index (χ0) is 19.4. The molecule has 27 heavy (non-hydrogen) atoms. The van der Waals surface area contributed by atoms with Crippen LogP contribution in [0.15, 0.2) is 54.7 Å². The lowest BCUT2D eigenvalue weighted by atomic mass is 10.1. The van der Waals surface area contributed by atoms with Crippen molar-refractivity contribution in [2.75, 3.05) is 5.32 Å². The zero-order valence-electron chi connectivity index (χ0n) is 14.9. The number of benzene rings is 2. The van der Waals surface area contributed by atoms with Gasteiger partial charge in [-0.1, -0.05) is 24.3 Å². The first-order valence-corrected chi connectivity index (χ1v) is 8.63. The molecule has 0 spiro atoms. The number of aromatic nitrogens is 2. The number of hydrogen-bond donors (Lipinski definition) is 4. The number of rotatable bonds is 3. The van der Waals surface area contributed by atoms with Crippen LogP contribution in [0, 0.1) is 13.8 Å². The molecule has 4 N–H and O–H groups in total. The van der Waals surface area contributed by atoms with Crippen LogP contribution < -0.4 is 16.2 Å². The smallest absolute Gasteiger partial charge is 0.294 e. The molecule has 0 saturated carbocycles. The van der Waals surface area contributed by atoms with Crippen molar-refractivity contribution in [1.29, 1.82) is 0 Å². The van der Waals surface area contributed by atoms with Crippen LogP contribution in [0.3, 0.4) is 0 Å². The number of amides is 1. The summed E-state index contributed by atoms with van der Waals surface area (Å²) in [5, 5.41) is 17.3. The van der Waals surface area contributed by atoms with Gasteiger partial charge in [0.05, 0.1) is 11.9 Å². The third kappa shape index (κ3) is 4.62. The Kier molecular flexibility index (Phi) is 5.37. The van der Waals surface area contributed by atoms with Crippen molar-refractivity contribution in [3.8, 4) is 11.4 Å². The summed E-state index contributed by atoms with van der Waals surface area (Å²) in [6, 6.07) is 15.1. The van der Waals surface area contributed by atoms with Crippen LogP contribution in [0.25, 0.3) is 5.69 Å². The van der Waals surface area contributed by atoms with E-state index in [1.165, 1.54) is 10.9 Å². The summed E-state index contributed by atoms with van der Waals surface area (Å²) in [7, 11) is 0. The van der Waals surface area contributed by atoms with Gasteiger partial charge in [-0.3, -0.25) is 15.6 Å². The van der Waals surface area contributed by atoms with E-state index in [2.05, 4.69) is 27.3 Å². The lowest BCUT2D eigenvalue weighted by molar-refractivity contribution is 0.0936. The average Bonchev–Trinajstić information content (AvgIpc) is 3.01. The molecule has 2 aromatic carbocycles. The van der Waals surface area contributed by atoms with Crippen molar-refractivity contribution in [3.63, 3.8) is 0 Å². The molecule has 1 heterocycles. The fourth-order valence-electron chi connectivity index (χ4n) is 2.62. The van der Waals surface area contributed by atoms with E-state index in [1.54, 1.807) is 0 Å². The highest BCUT2D eigenvalue weighted by molar-refractivity contribution is 7.80. The summed E-state index contributed by atoms with van der Waals surface area (Å²) in [4.78, 5) is 12.3. The molecule has 8 heteroatoms. The summed E-state index contributed by atoms with van der Waals surface area (Å²) in [5.74, 6) is -0.835. The van der Waals surface area contributed by atoms with Crippen molar-refractivity contribution in [1.82, 2.24) is 20.6 Å². The Morgan fingerprint density at radius 2 is 1.74 bits per heavy atom. The molecule has 0 aliphatic rings. The molecule has 138 valence electrons. The van der Waals surface area contributed by atoms with Crippen LogP contribution >= 0.6 is 12.2 Å². The molecule has 0 radical (unpaired) electrons. The van der Waals surface area contributed by atoms with Gasteiger partial charge in [0.15, 0.2) is 16.6 Å². The van der Waals surface area contributed by atoms with E-state index < -0.39 is 5.91 Å².